The second kappa shape index (κ2) is 6.13. The summed E-state index contributed by atoms with van der Waals surface area (Å²) in [6.45, 7) is 4.21. The highest BCUT2D eigenvalue weighted by Gasteiger charge is 2.26. The maximum absolute atomic E-state index is 12.7. The fourth-order valence-corrected chi connectivity index (χ4v) is 2.96. The van der Waals surface area contributed by atoms with Crippen molar-refractivity contribution < 1.29 is 4.79 Å². The molecule has 7 heteroatoms. The van der Waals surface area contributed by atoms with E-state index in [1.165, 1.54) is 6.20 Å². The number of nitrogen functional groups attached to an aromatic ring is 1. The fourth-order valence-electron chi connectivity index (χ4n) is 2.96. The molecule has 1 atom stereocenters. The molecule has 7 nitrogen and oxygen atoms in total. The highest BCUT2D eigenvalue weighted by atomic mass is 16.2. The lowest BCUT2D eigenvalue weighted by Crippen LogP contribution is -2.41. The quantitative estimate of drug-likeness (QED) is 0.917. The van der Waals surface area contributed by atoms with Crippen LogP contribution in [0.4, 0.5) is 5.95 Å². The number of aromatic nitrogens is 4. The number of likely N-dealkylation sites (tertiary alicyclic amines) is 1. The molecule has 0 bridgehead atoms. The highest BCUT2D eigenvalue weighted by Crippen LogP contribution is 2.20. The Bertz CT molecular complexity index is 654. The van der Waals surface area contributed by atoms with Gasteiger partial charge in [0.25, 0.3) is 5.91 Å². The largest absolute Gasteiger partial charge is 0.368 e. The normalized spacial score (nSPS) is 18.4. The number of rotatable bonds is 3. The Labute approximate surface area is 129 Å². The topological polar surface area (TPSA) is 89.9 Å². The van der Waals surface area contributed by atoms with Crippen LogP contribution >= 0.6 is 0 Å². The number of carbonyl (C=O) groups is 1. The van der Waals surface area contributed by atoms with E-state index in [1.807, 2.05) is 17.4 Å². The van der Waals surface area contributed by atoms with Gasteiger partial charge in [-0.1, -0.05) is 0 Å². The van der Waals surface area contributed by atoms with E-state index < -0.39 is 0 Å². The van der Waals surface area contributed by atoms with Crippen LogP contribution in [0.15, 0.2) is 24.9 Å². The van der Waals surface area contributed by atoms with Crippen LogP contribution in [0, 0.1) is 12.8 Å². The van der Waals surface area contributed by atoms with E-state index in [1.54, 1.807) is 13.1 Å². The first-order chi connectivity index (χ1) is 10.6. The molecule has 0 unspecified atom stereocenters. The van der Waals surface area contributed by atoms with Gasteiger partial charge in [0.05, 0.1) is 17.6 Å². The van der Waals surface area contributed by atoms with E-state index in [0.717, 1.165) is 32.5 Å². The number of nitrogens with zero attached hydrogens (tertiary/aromatic N) is 5. The molecular formula is C15H20N6O. The van der Waals surface area contributed by atoms with E-state index in [0.29, 0.717) is 17.2 Å². The van der Waals surface area contributed by atoms with Crippen molar-refractivity contribution in [3.05, 3.63) is 36.2 Å². The number of nitrogens with two attached hydrogens (primary N) is 1. The summed E-state index contributed by atoms with van der Waals surface area (Å²) in [6, 6.07) is 0. The summed E-state index contributed by atoms with van der Waals surface area (Å²) < 4.78 is 2.07. The monoisotopic (exact) mass is 300 g/mol. The van der Waals surface area contributed by atoms with Crippen molar-refractivity contribution in [3.8, 4) is 0 Å². The number of hydrogen-bond acceptors (Lipinski definition) is 5. The maximum atomic E-state index is 12.7. The van der Waals surface area contributed by atoms with E-state index in [-0.39, 0.29) is 11.9 Å². The number of amides is 1. The van der Waals surface area contributed by atoms with Crippen molar-refractivity contribution in [3.63, 3.8) is 0 Å². The number of aryl methyl sites for hydroxylation is 1. The van der Waals surface area contributed by atoms with Gasteiger partial charge in [0, 0.05) is 38.2 Å². The van der Waals surface area contributed by atoms with Gasteiger partial charge in [-0.15, -0.1) is 0 Å². The minimum atomic E-state index is -0.00664. The van der Waals surface area contributed by atoms with Crippen LogP contribution in [-0.4, -0.2) is 43.4 Å². The summed E-state index contributed by atoms with van der Waals surface area (Å²) in [4.78, 5) is 26.6. The second-order valence-corrected chi connectivity index (χ2v) is 5.75. The molecule has 0 aromatic carbocycles. The number of carbonyl (C=O) groups excluding carboxylic acids is 1. The van der Waals surface area contributed by atoms with Gasteiger partial charge in [-0.2, -0.15) is 0 Å². The Morgan fingerprint density at radius 1 is 1.50 bits per heavy atom. The molecule has 1 amide bonds. The molecule has 0 saturated carbocycles. The number of piperidine rings is 1. The summed E-state index contributed by atoms with van der Waals surface area (Å²) in [7, 11) is 0. The number of anilines is 1. The molecule has 0 radical (unpaired) electrons. The van der Waals surface area contributed by atoms with Crippen LogP contribution in [0.5, 0.6) is 0 Å². The molecule has 3 rings (SSSR count). The first-order valence-electron chi connectivity index (χ1n) is 7.47. The van der Waals surface area contributed by atoms with Gasteiger partial charge >= 0.3 is 0 Å². The third-order valence-corrected chi connectivity index (χ3v) is 4.06. The van der Waals surface area contributed by atoms with Crippen molar-refractivity contribution in [2.24, 2.45) is 5.92 Å². The lowest BCUT2D eigenvalue weighted by atomic mass is 9.97. The predicted octanol–water partition coefficient (Wildman–Crippen LogP) is 1.12. The van der Waals surface area contributed by atoms with Crippen LogP contribution in [0.1, 0.15) is 28.9 Å². The molecule has 116 valence electrons. The fraction of sp³-hybridized carbons (Fsp3) is 0.467. The SMILES string of the molecule is Cc1nc(N)ncc1C(=O)N1CCC[C@@H](Cn2ccnc2)C1. The van der Waals surface area contributed by atoms with Gasteiger partial charge in [0.2, 0.25) is 5.95 Å². The van der Waals surface area contributed by atoms with E-state index in [9.17, 15) is 4.79 Å². The van der Waals surface area contributed by atoms with E-state index in [4.69, 9.17) is 5.73 Å². The molecule has 0 aliphatic carbocycles. The molecule has 2 aromatic heterocycles. The first kappa shape index (κ1) is 14.5. The zero-order valence-corrected chi connectivity index (χ0v) is 12.6. The molecular weight excluding hydrogens is 280 g/mol. The maximum Gasteiger partial charge on any atom is 0.257 e. The summed E-state index contributed by atoms with van der Waals surface area (Å²) in [6.07, 6.45) is 9.22. The predicted molar refractivity (Wildman–Crippen MR) is 82.0 cm³/mol. The highest BCUT2D eigenvalue weighted by molar-refractivity contribution is 5.95. The minimum absolute atomic E-state index is 0.00664. The number of hydrogen-bond donors (Lipinski definition) is 1. The third-order valence-electron chi connectivity index (χ3n) is 4.06. The average molecular weight is 300 g/mol. The van der Waals surface area contributed by atoms with Gasteiger partial charge in [0.15, 0.2) is 0 Å². The van der Waals surface area contributed by atoms with E-state index >= 15 is 0 Å². The van der Waals surface area contributed by atoms with Crippen molar-refractivity contribution in [1.29, 1.82) is 0 Å². The van der Waals surface area contributed by atoms with Gasteiger partial charge < -0.3 is 15.2 Å². The summed E-state index contributed by atoms with van der Waals surface area (Å²) in [5.41, 5.74) is 6.72. The lowest BCUT2D eigenvalue weighted by Gasteiger charge is -2.33. The van der Waals surface area contributed by atoms with E-state index in [2.05, 4.69) is 19.5 Å². The molecule has 1 aliphatic heterocycles. The van der Waals surface area contributed by atoms with Gasteiger partial charge in [-0.25, -0.2) is 15.0 Å². The molecule has 1 fully saturated rings. The van der Waals surface area contributed by atoms with Gasteiger partial charge in [-0.05, 0) is 25.7 Å². The molecule has 1 saturated heterocycles. The zero-order chi connectivity index (χ0) is 15.5. The third kappa shape index (κ3) is 3.08. The number of imidazole rings is 1. The Morgan fingerprint density at radius 3 is 3.09 bits per heavy atom. The first-order valence-corrected chi connectivity index (χ1v) is 7.47. The Balaban J connectivity index is 1.69. The standard InChI is InChI=1S/C15H20N6O/c1-11-13(7-18-15(16)19-11)14(22)21-5-2-3-12(9-21)8-20-6-4-17-10-20/h4,6-7,10,12H,2-3,5,8-9H2,1H3,(H2,16,18,19)/t12-/m0/s1. The van der Waals surface area contributed by atoms with Gasteiger partial charge in [0.1, 0.15) is 0 Å². The Morgan fingerprint density at radius 2 is 2.36 bits per heavy atom. The molecule has 0 spiro atoms. The smallest absolute Gasteiger partial charge is 0.257 e. The average Bonchev–Trinajstić information content (AvgIpc) is 3.00. The van der Waals surface area contributed by atoms with Crippen LogP contribution in [0.25, 0.3) is 0 Å². The van der Waals surface area contributed by atoms with Crippen molar-refractivity contribution in [2.75, 3.05) is 18.8 Å². The Kier molecular flexibility index (Phi) is 4.04. The molecule has 22 heavy (non-hydrogen) atoms. The summed E-state index contributed by atoms with van der Waals surface area (Å²) in [5.74, 6) is 0.639. The minimum Gasteiger partial charge on any atom is -0.368 e. The van der Waals surface area contributed by atoms with Crippen LogP contribution in [0.2, 0.25) is 0 Å². The summed E-state index contributed by atoms with van der Waals surface area (Å²) >= 11 is 0. The molecule has 2 N–H and O–H groups in total. The van der Waals surface area contributed by atoms with Crippen molar-refractivity contribution in [1.82, 2.24) is 24.4 Å². The van der Waals surface area contributed by atoms with Gasteiger partial charge in [-0.3, -0.25) is 4.79 Å². The lowest BCUT2D eigenvalue weighted by molar-refractivity contribution is 0.0660. The second-order valence-electron chi connectivity index (χ2n) is 5.75. The molecule has 1 aliphatic rings. The Hall–Kier alpha value is -2.44. The molecule has 2 aromatic rings. The van der Waals surface area contributed by atoms with Crippen LogP contribution in [0.3, 0.4) is 0 Å². The van der Waals surface area contributed by atoms with Crippen molar-refractivity contribution >= 4 is 11.9 Å². The van der Waals surface area contributed by atoms with Crippen LogP contribution in [-0.2, 0) is 6.54 Å². The zero-order valence-electron chi connectivity index (χ0n) is 12.6. The summed E-state index contributed by atoms with van der Waals surface area (Å²) in [5, 5.41) is 0. The van der Waals surface area contributed by atoms with Crippen LogP contribution < -0.4 is 5.73 Å². The molecule has 3 heterocycles. The van der Waals surface area contributed by atoms with Crippen molar-refractivity contribution in [2.45, 2.75) is 26.3 Å².